The fourth-order valence-corrected chi connectivity index (χ4v) is 5.20. The molecular weight excluding hydrogens is 768 g/mol. The van der Waals surface area contributed by atoms with Gasteiger partial charge in [0, 0.05) is 25.0 Å². The fraction of sp³-hybridized carbons (Fsp3) is 0.158. The zero-order chi connectivity index (χ0) is 39.0. The van der Waals surface area contributed by atoms with Crippen LogP contribution in [0.3, 0.4) is 0 Å². The third kappa shape index (κ3) is 8.39. The number of alkyl halides is 1. The Morgan fingerprint density at radius 2 is 1.19 bits per heavy atom. The topological polar surface area (TPSA) is 156 Å². The summed E-state index contributed by atoms with van der Waals surface area (Å²) in [5.74, 6) is -6.41. The summed E-state index contributed by atoms with van der Waals surface area (Å²) < 4.78 is 80.3. The van der Waals surface area contributed by atoms with Gasteiger partial charge in [-0.15, -0.1) is 0 Å². The van der Waals surface area contributed by atoms with Gasteiger partial charge in [0.25, 0.3) is 0 Å². The second-order valence-electron chi connectivity index (χ2n) is 10.9. The number of benzene rings is 4. The molecule has 6 aromatic rings. The molecule has 2 aromatic heterocycles. The minimum absolute atomic E-state index is 0.0368. The molecule has 4 aromatic carbocycles. The number of hydrogen-bond donors (Lipinski definition) is 1. The van der Waals surface area contributed by atoms with Crippen LogP contribution in [0.4, 0.5) is 17.6 Å². The molecule has 0 saturated heterocycles. The first-order chi connectivity index (χ1) is 25.3. The molecule has 0 aliphatic heterocycles. The molecule has 0 saturated carbocycles. The lowest BCUT2D eigenvalue weighted by atomic mass is 9.98. The van der Waals surface area contributed by atoms with Crippen molar-refractivity contribution in [3.8, 4) is 45.9 Å². The highest BCUT2D eigenvalue weighted by Crippen LogP contribution is 2.35. The van der Waals surface area contributed by atoms with Crippen molar-refractivity contribution in [1.29, 1.82) is 10.5 Å². The summed E-state index contributed by atoms with van der Waals surface area (Å²) in [5.41, 5.74) is 0.488. The Hall–Kier alpha value is -6.00. The van der Waals surface area contributed by atoms with Crippen LogP contribution in [0.25, 0.3) is 44.2 Å². The van der Waals surface area contributed by atoms with Crippen LogP contribution in [0.2, 0.25) is 0 Å². The van der Waals surface area contributed by atoms with Gasteiger partial charge in [0.1, 0.15) is 5.52 Å². The van der Waals surface area contributed by atoms with Crippen LogP contribution < -0.4 is 16.0 Å². The molecule has 53 heavy (non-hydrogen) atoms. The Labute approximate surface area is 306 Å². The quantitative estimate of drug-likeness (QED) is 0.0751. The van der Waals surface area contributed by atoms with Gasteiger partial charge >= 0.3 is 11.3 Å². The largest absolute Gasteiger partial charge is 0.503 e. The molecule has 0 aliphatic carbocycles. The standard InChI is InChI=1S/C19H13F2NO4.C17H9F2NO3.C2H5BrO/c1-10-13-7-14(20)18(25-9-24-2)16(21)17(13)26-19(23)15(10)12-5-3-4-11(6-12)8-22;1-8-11-6-12(18)15(21)14(19)16(11)23-17(22)13(8)10-4-2-3-9(5-10)7-20;1-4-2-3/h3-7H,9H2,1-2H3;2-6,21H,1H3;2H2,1H3. The second kappa shape index (κ2) is 17.5. The van der Waals surface area contributed by atoms with E-state index in [4.69, 9.17) is 24.1 Å². The molecule has 2 heterocycles. The zero-order valence-corrected chi connectivity index (χ0v) is 29.9. The molecule has 10 nitrogen and oxygen atoms in total. The first-order valence-corrected chi connectivity index (χ1v) is 16.2. The molecule has 6 rings (SSSR count). The summed E-state index contributed by atoms with van der Waals surface area (Å²) in [6, 6.07) is 18.4. The van der Waals surface area contributed by atoms with Crippen LogP contribution in [0.15, 0.2) is 79.1 Å². The van der Waals surface area contributed by atoms with E-state index in [-0.39, 0.29) is 28.7 Å². The Balaban J connectivity index is 0.000000216. The van der Waals surface area contributed by atoms with Gasteiger partial charge in [-0.2, -0.15) is 19.3 Å². The highest BCUT2D eigenvalue weighted by Gasteiger charge is 2.23. The van der Waals surface area contributed by atoms with Crippen molar-refractivity contribution in [2.45, 2.75) is 13.8 Å². The van der Waals surface area contributed by atoms with E-state index in [9.17, 15) is 32.3 Å². The van der Waals surface area contributed by atoms with Crippen LogP contribution in [0.1, 0.15) is 22.3 Å². The Morgan fingerprint density at radius 3 is 1.62 bits per heavy atom. The number of aryl methyl sites for hydroxylation is 2. The van der Waals surface area contributed by atoms with E-state index >= 15 is 0 Å². The smallest absolute Gasteiger partial charge is 0.344 e. The number of ether oxygens (including phenoxy) is 3. The second-order valence-corrected chi connectivity index (χ2v) is 11.3. The van der Waals surface area contributed by atoms with Crippen LogP contribution in [-0.2, 0) is 9.47 Å². The van der Waals surface area contributed by atoms with Gasteiger partial charge in [0.15, 0.2) is 41.1 Å². The average Bonchev–Trinajstić information content (AvgIpc) is 3.15. The van der Waals surface area contributed by atoms with Gasteiger partial charge in [0.05, 0.1) is 34.4 Å². The summed E-state index contributed by atoms with van der Waals surface area (Å²) in [6.07, 6.45) is 0. The first-order valence-electron chi connectivity index (χ1n) is 15.1. The van der Waals surface area contributed by atoms with Crippen molar-refractivity contribution >= 4 is 37.9 Å². The average molecular weight is 796 g/mol. The number of nitriles is 2. The summed E-state index contributed by atoms with van der Waals surface area (Å²) in [4.78, 5) is 24.7. The van der Waals surface area contributed by atoms with Gasteiger partial charge in [-0.05, 0) is 72.5 Å². The lowest BCUT2D eigenvalue weighted by Crippen LogP contribution is -2.09. The van der Waals surface area contributed by atoms with Gasteiger partial charge < -0.3 is 28.2 Å². The van der Waals surface area contributed by atoms with Crippen LogP contribution in [0, 0.1) is 59.8 Å². The highest BCUT2D eigenvalue weighted by atomic mass is 79.9. The maximum atomic E-state index is 14.6. The molecular formula is C38H27BrF4N2O8. The number of fused-ring (bicyclic) bond motifs is 2. The monoisotopic (exact) mass is 794 g/mol. The number of phenolic OH excluding ortho intramolecular Hbond substituents is 1. The highest BCUT2D eigenvalue weighted by molar-refractivity contribution is 9.09. The number of aromatic hydroxyl groups is 1. The molecule has 0 atom stereocenters. The first kappa shape index (κ1) is 39.8. The molecule has 0 fully saturated rings. The van der Waals surface area contributed by atoms with Crippen LogP contribution in [-0.4, -0.2) is 31.6 Å². The molecule has 272 valence electrons. The maximum absolute atomic E-state index is 14.6. The molecule has 15 heteroatoms. The summed E-state index contributed by atoms with van der Waals surface area (Å²) >= 11 is 3.03. The normalized spacial score (nSPS) is 10.5. The number of halogens is 5. The Bertz CT molecular complexity index is 2540. The number of rotatable bonds is 6. The third-order valence-corrected chi connectivity index (χ3v) is 8.09. The van der Waals surface area contributed by atoms with Crippen molar-refractivity contribution in [2.24, 2.45) is 0 Å². The number of nitrogens with zero attached hydrogens (tertiary/aromatic N) is 2. The van der Waals surface area contributed by atoms with E-state index in [1.807, 2.05) is 12.1 Å². The van der Waals surface area contributed by atoms with E-state index in [1.165, 1.54) is 26.2 Å². The minimum Gasteiger partial charge on any atom is -0.503 e. The van der Waals surface area contributed by atoms with E-state index in [0.29, 0.717) is 38.9 Å². The van der Waals surface area contributed by atoms with Gasteiger partial charge in [-0.1, -0.05) is 40.2 Å². The maximum Gasteiger partial charge on any atom is 0.344 e. The van der Waals surface area contributed by atoms with Gasteiger partial charge in [0.2, 0.25) is 11.6 Å². The fourth-order valence-electron chi connectivity index (χ4n) is 5.20. The lowest BCUT2D eigenvalue weighted by molar-refractivity contribution is 0.0453. The Morgan fingerprint density at radius 1 is 0.736 bits per heavy atom. The van der Waals surface area contributed by atoms with E-state index in [2.05, 4.69) is 25.4 Å². The number of hydrogen-bond acceptors (Lipinski definition) is 10. The third-order valence-electron chi connectivity index (χ3n) is 7.63. The number of methoxy groups -OCH3 is 2. The Kier molecular flexibility index (Phi) is 13.1. The van der Waals surface area contributed by atoms with Crippen molar-refractivity contribution in [1.82, 2.24) is 0 Å². The SMILES string of the molecule is COCBr.COCOc1c(F)cc2c(C)c(-c3cccc(C#N)c3)c(=O)oc2c1F.Cc1c(-c2cccc(C#N)c2)c(=O)oc2c(F)c(O)c(F)cc12. The van der Waals surface area contributed by atoms with Crippen LogP contribution >= 0.6 is 15.9 Å². The lowest BCUT2D eigenvalue weighted by Gasteiger charge is -2.12. The van der Waals surface area contributed by atoms with Crippen molar-refractivity contribution in [2.75, 3.05) is 26.5 Å². The van der Waals surface area contributed by atoms with E-state index in [1.54, 1.807) is 50.4 Å². The molecule has 1 N–H and O–H groups in total. The molecule has 0 aliphatic rings. The summed E-state index contributed by atoms with van der Waals surface area (Å²) in [6.45, 7) is 2.72. The van der Waals surface area contributed by atoms with E-state index < -0.39 is 57.2 Å². The van der Waals surface area contributed by atoms with E-state index in [0.717, 1.165) is 12.1 Å². The van der Waals surface area contributed by atoms with Gasteiger partial charge in [-0.25, -0.2) is 18.4 Å². The zero-order valence-electron chi connectivity index (χ0n) is 28.3. The minimum atomic E-state index is -1.32. The molecule has 0 unspecified atom stereocenters. The van der Waals surface area contributed by atoms with Crippen molar-refractivity contribution < 1.29 is 45.7 Å². The molecule has 0 radical (unpaired) electrons. The predicted molar refractivity (Wildman–Crippen MR) is 190 cm³/mol. The summed E-state index contributed by atoms with van der Waals surface area (Å²) in [5, 5.41) is 27.4. The molecule has 0 spiro atoms. The van der Waals surface area contributed by atoms with Crippen molar-refractivity contribution in [3.63, 3.8) is 0 Å². The molecule has 0 bridgehead atoms. The van der Waals surface area contributed by atoms with Crippen molar-refractivity contribution in [3.05, 3.63) is 127 Å². The predicted octanol–water partition coefficient (Wildman–Crippen LogP) is 8.51. The summed E-state index contributed by atoms with van der Waals surface area (Å²) in [7, 11) is 2.94. The molecule has 0 amide bonds. The number of phenols is 1. The van der Waals surface area contributed by atoms with Gasteiger partial charge in [-0.3, -0.25) is 0 Å². The van der Waals surface area contributed by atoms with Crippen LogP contribution in [0.5, 0.6) is 11.5 Å².